The Labute approximate surface area is 76.3 Å². The third-order valence-corrected chi connectivity index (χ3v) is 0.346. The monoisotopic (exact) mass is 187 g/mol. The van der Waals surface area contributed by atoms with E-state index in [0.29, 0.717) is 0 Å². The second-order valence-corrected chi connectivity index (χ2v) is 1.02. The molecule has 0 aliphatic heterocycles. The van der Waals surface area contributed by atoms with E-state index in [1.54, 1.807) is 0 Å². The second kappa shape index (κ2) is 8.09. The summed E-state index contributed by atoms with van der Waals surface area (Å²) in [5.74, 6) is 0. The van der Waals surface area contributed by atoms with Crippen molar-refractivity contribution in [3.8, 4) is 0 Å². The number of ether oxygens (including phenoxy) is 1. The van der Waals surface area contributed by atoms with Crippen LogP contribution in [-0.2, 0) is 37.4 Å². The van der Waals surface area contributed by atoms with Gasteiger partial charge in [-0.3, -0.25) is 0 Å². The molecule has 0 bridgehead atoms. The van der Waals surface area contributed by atoms with Crippen LogP contribution in [0.25, 0.3) is 0 Å². The van der Waals surface area contributed by atoms with Crippen LogP contribution in [0.4, 0.5) is 0 Å². The summed E-state index contributed by atoms with van der Waals surface area (Å²) in [6.45, 7) is 4.36. The fraction of sp³-hybridized carbons (Fsp3) is 0.500. The normalized spacial score (nSPS) is 12.2. The standard InChI is InChI=1S/C4H7BO2.Y/c1-4(5)7-3-2-6;/h3-4,6H,1-2H2;/q-2;. The van der Waals surface area contributed by atoms with Gasteiger partial charge in [0.05, 0.1) is 7.85 Å². The van der Waals surface area contributed by atoms with Crippen molar-refractivity contribution in [2.45, 2.75) is 6.00 Å². The van der Waals surface area contributed by atoms with E-state index in [4.69, 9.17) is 13.0 Å². The predicted molar refractivity (Wildman–Crippen MR) is 27.4 cm³/mol. The topological polar surface area (TPSA) is 29.5 Å². The van der Waals surface area contributed by atoms with E-state index < -0.39 is 6.00 Å². The first kappa shape index (κ1) is 11.8. The minimum absolute atomic E-state index is 0. The molecule has 8 heavy (non-hydrogen) atoms. The molecule has 0 aliphatic carbocycles. The van der Waals surface area contributed by atoms with Crippen molar-refractivity contribution in [2.24, 2.45) is 0 Å². The molecule has 0 aromatic heterocycles. The van der Waals surface area contributed by atoms with Crippen molar-refractivity contribution in [1.29, 1.82) is 0 Å². The van der Waals surface area contributed by atoms with Gasteiger partial charge < -0.3 is 16.8 Å². The Kier molecular flexibility index (Phi) is 12.0. The van der Waals surface area contributed by atoms with Crippen molar-refractivity contribution in [2.75, 3.05) is 6.61 Å². The van der Waals surface area contributed by atoms with Crippen molar-refractivity contribution >= 4 is 7.85 Å². The number of rotatable bonds is 3. The minimum Gasteiger partial charge on any atom is -0.581 e. The summed E-state index contributed by atoms with van der Waals surface area (Å²) in [6.07, 6.45) is 0. The van der Waals surface area contributed by atoms with E-state index in [-0.39, 0.29) is 39.3 Å². The second-order valence-electron chi connectivity index (χ2n) is 1.02. The van der Waals surface area contributed by atoms with Gasteiger partial charge in [0.15, 0.2) is 0 Å². The molecule has 0 heterocycles. The van der Waals surface area contributed by atoms with Crippen LogP contribution in [0.15, 0.2) is 0 Å². The summed E-state index contributed by atoms with van der Waals surface area (Å²) in [6, 6.07) is -0.563. The van der Waals surface area contributed by atoms with Crippen molar-refractivity contribution in [3.63, 3.8) is 0 Å². The van der Waals surface area contributed by atoms with Gasteiger partial charge >= 0.3 is 0 Å². The summed E-state index contributed by atoms with van der Waals surface area (Å²) in [7, 11) is 5.00. The molecule has 2 nitrogen and oxygen atoms in total. The molecule has 0 fully saturated rings. The van der Waals surface area contributed by atoms with Crippen LogP contribution in [0.3, 0.4) is 0 Å². The number of aliphatic hydroxyl groups excluding tert-OH is 1. The minimum atomic E-state index is -0.563. The Morgan fingerprint density at radius 3 is 2.50 bits per heavy atom. The maximum atomic E-state index is 8.05. The van der Waals surface area contributed by atoms with Crippen molar-refractivity contribution in [3.05, 3.63) is 13.5 Å². The summed E-state index contributed by atoms with van der Waals surface area (Å²) >= 11 is 0. The number of hydrogen-bond donors (Lipinski definition) is 1. The summed E-state index contributed by atoms with van der Waals surface area (Å²) in [4.78, 5) is 0. The first-order valence-electron chi connectivity index (χ1n) is 1.94. The van der Waals surface area contributed by atoms with Gasteiger partial charge in [0.1, 0.15) is 0 Å². The molecule has 1 unspecified atom stereocenters. The molecule has 0 saturated carbocycles. The van der Waals surface area contributed by atoms with Crippen LogP contribution in [-0.4, -0.2) is 25.6 Å². The molecule has 0 spiro atoms. The van der Waals surface area contributed by atoms with Gasteiger partial charge in [-0.25, -0.2) is 0 Å². The van der Waals surface area contributed by atoms with Crippen LogP contribution in [0, 0.1) is 13.5 Å². The molecular formula is C4H7BO2Y-2. The molecule has 0 rings (SSSR count). The van der Waals surface area contributed by atoms with E-state index in [1.165, 1.54) is 6.61 Å². The van der Waals surface area contributed by atoms with Gasteiger partial charge in [-0.05, 0) is 0 Å². The molecule has 0 amide bonds. The molecule has 1 atom stereocenters. The summed E-state index contributed by atoms with van der Waals surface area (Å²) < 4.78 is 4.48. The van der Waals surface area contributed by atoms with Gasteiger partial charge in [0.25, 0.3) is 0 Å². The molecule has 4 heteroatoms. The third kappa shape index (κ3) is 10.1. The SMILES string of the molecule is [B]C([CH2-])O[CH-]CO.[Y]. The smallest absolute Gasteiger partial charge is 0.0575 e. The summed E-state index contributed by atoms with van der Waals surface area (Å²) in [5.41, 5.74) is 0. The van der Waals surface area contributed by atoms with Crippen LogP contribution >= 0.6 is 0 Å². The Hall–Kier alpha value is 1.09. The van der Waals surface area contributed by atoms with Crippen LogP contribution in [0.1, 0.15) is 0 Å². The van der Waals surface area contributed by atoms with Gasteiger partial charge in [-0.1, -0.05) is 6.61 Å². The quantitative estimate of drug-likeness (QED) is 0.475. The Morgan fingerprint density at radius 2 is 2.38 bits per heavy atom. The van der Waals surface area contributed by atoms with Gasteiger partial charge in [0.2, 0.25) is 0 Å². The molecule has 0 aliphatic rings. The zero-order valence-corrected chi connectivity index (χ0v) is 7.42. The van der Waals surface area contributed by atoms with E-state index >= 15 is 0 Å². The number of aliphatic hydroxyl groups is 1. The van der Waals surface area contributed by atoms with Crippen molar-refractivity contribution < 1.29 is 42.6 Å². The largest absolute Gasteiger partial charge is 0.581 e. The van der Waals surface area contributed by atoms with Crippen LogP contribution < -0.4 is 0 Å². The molecule has 0 aromatic carbocycles. The molecule has 43 valence electrons. The van der Waals surface area contributed by atoms with E-state index in [1.807, 2.05) is 0 Å². The first-order chi connectivity index (χ1) is 3.27. The molecule has 0 aromatic rings. The third-order valence-electron chi connectivity index (χ3n) is 0.346. The van der Waals surface area contributed by atoms with Gasteiger partial charge in [-0.15, -0.1) is 6.00 Å². The molecule has 1 N–H and O–H groups in total. The van der Waals surface area contributed by atoms with E-state index in [0.717, 1.165) is 0 Å². The van der Waals surface area contributed by atoms with Crippen LogP contribution in [0.5, 0.6) is 0 Å². The zero-order chi connectivity index (χ0) is 5.70. The van der Waals surface area contributed by atoms with Gasteiger partial charge in [-0.2, -0.15) is 6.61 Å². The maximum Gasteiger partial charge on any atom is 0.0575 e. The fourth-order valence-electron chi connectivity index (χ4n) is 0.167. The van der Waals surface area contributed by atoms with E-state index in [9.17, 15) is 0 Å². The predicted octanol–water partition coefficient (Wildman–Crippen LogP) is -0.517. The summed E-state index contributed by atoms with van der Waals surface area (Å²) in [5, 5.41) is 8.05. The van der Waals surface area contributed by atoms with Gasteiger partial charge in [0, 0.05) is 32.7 Å². The average molecular weight is 187 g/mol. The average Bonchev–Trinajstić information content (AvgIpc) is 1.61. The molecule has 0 saturated heterocycles. The number of hydrogen-bond acceptors (Lipinski definition) is 2. The Bertz CT molecular complexity index is 43.0. The first-order valence-corrected chi connectivity index (χ1v) is 1.94. The Balaban J connectivity index is 0. The molecular weight excluding hydrogens is 180 g/mol. The van der Waals surface area contributed by atoms with E-state index in [2.05, 4.69) is 11.7 Å². The zero-order valence-electron chi connectivity index (χ0n) is 4.58. The maximum absolute atomic E-state index is 8.05. The molecule has 3 radical (unpaired) electrons. The Morgan fingerprint density at radius 1 is 1.88 bits per heavy atom. The van der Waals surface area contributed by atoms with Crippen LogP contribution in [0.2, 0.25) is 0 Å². The fourth-order valence-corrected chi connectivity index (χ4v) is 0.167. The van der Waals surface area contributed by atoms with Crippen molar-refractivity contribution in [1.82, 2.24) is 0 Å².